The quantitative estimate of drug-likeness (QED) is 0.590. The number of nitrogens with one attached hydrogen (secondary N) is 1. The van der Waals surface area contributed by atoms with Gasteiger partial charge < -0.3 is 10.4 Å². The van der Waals surface area contributed by atoms with Gasteiger partial charge in [0.1, 0.15) is 10.7 Å². The summed E-state index contributed by atoms with van der Waals surface area (Å²) >= 11 is 1.26. The number of hydrogen-bond acceptors (Lipinski definition) is 6. The molecule has 136 valence electrons. The molecule has 8 nitrogen and oxygen atoms in total. The molecule has 1 amide bonds. The Morgan fingerprint density at radius 1 is 1.27 bits per heavy atom. The molecule has 1 aliphatic carbocycles. The number of rotatable bonds is 6. The average Bonchev–Trinajstić information content (AvgIpc) is 3.24. The third-order valence-corrected chi connectivity index (χ3v) is 5.38. The zero-order valence-electron chi connectivity index (χ0n) is 13.8. The predicted molar refractivity (Wildman–Crippen MR) is 95.1 cm³/mol. The number of thiazole rings is 1. The van der Waals surface area contributed by atoms with Crippen LogP contribution in [0.15, 0.2) is 29.6 Å². The van der Waals surface area contributed by atoms with E-state index in [-0.39, 0.29) is 17.8 Å². The van der Waals surface area contributed by atoms with Crippen LogP contribution in [0.3, 0.4) is 0 Å². The van der Waals surface area contributed by atoms with Crippen molar-refractivity contribution in [3.05, 3.63) is 45.5 Å². The van der Waals surface area contributed by atoms with Gasteiger partial charge in [0.05, 0.1) is 16.9 Å². The molecule has 1 aromatic carbocycles. The maximum absolute atomic E-state index is 12.5. The molecule has 0 radical (unpaired) electrons. The number of hydrogen-bond donors (Lipinski definition) is 2. The van der Waals surface area contributed by atoms with E-state index in [0.29, 0.717) is 23.4 Å². The zero-order chi connectivity index (χ0) is 18.7. The van der Waals surface area contributed by atoms with Gasteiger partial charge in [-0.25, -0.2) is 4.98 Å². The molecule has 2 aromatic rings. The molecule has 0 bridgehead atoms. The van der Waals surface area contributed by atoms with Crippen molar-refractivity contribution in [2.24, 2.45) is 0 Å². The summed E-state index contributed by atoms with van der Waals surface area (Å²) < 4.78 is 0. The molecule has 3 rings (SSSR count). The second-order valence-corrected chi connectivity index (χ2v) is 7.21. The topological polar surface area (TPSA) is 122 Å². The van der Waals surface area contributed by atoms with Crippen molar-refractivity contribution in [2.75, 3.05) is 0 Å². The van der Waals surface area contributed by atoms with E-state index in [1.807, 2.05) is 0 Å². The Labute approximate surface area is 153 Å². The van der Waals surface area contributed by atoms with Crippen LogP contribution in [0.25, 0.3) is 10.6 Å². The summed E-state index contributed by atoms with van der Waals surface area (Å²) in [6.45, 7) is 0. The summed E-state index contributed by atoms with van der Waals surface area (Å²) in [5.74, 6) is -1.32. The molecule has 0 saturated heterocycles. The minimum absolute atomic E-state index is 0.0138. The zero-order valence-corrected chi connectivity index (χ0v) is 14.6. The van der Waals surface area contributed by atoms with E-state index in [1.165, 1.54) is 23.5 Å². The number of nitro benzene ring substituents is 1. The fraction of sp³-hybridized carbons (Fsp3) is 0.353. The Balaban J connectivity index is 1.75. The first-order valence-corrected chi connectivity index (χ1v) is 9.01. The van der Waals surface area contributed by atoms with Crippen LogP contribution >= 0.6 is 11.3 Å². The van der Waals surface area contributed by atoms with Crippen LogP contribution in [0, 0.1) is 10.1 Å². The lowest BCUT2D eigenvalue weighted by Crippen LogP contribution is -2.47. The molecule has 9 heteroatoms. The maximum atomic E-state index is 12.5. The lowest BCUT2D eigenvalue weighted by atomic mass is 9.93. The maximum Gasteiger partial charge on any atom is 0.305 e. The van der Waals surface area contributed by atoms with E-state index < -0.39 is 22.3 Å². The molecule has 1 saturated carbocycles. The summed E-state index contributed by atoms with van der Waals surface area (Å²) in [6, 6.07) is 5.94. The number of nitro groups is 1. The van der Waals surface area contributed by atoms with Crippen LogP contribution < -0.4 is 5.32 Å². The molecular weight excluding hydrogens is 358 g/mol. The van der Waals surface area contributed by atoms with E-state index in [4.69, 9.17) is 5.11 Å². The van der Waals surface area contributed by atoms with Gasteiger partial charge in [-0.2, -0.15) is 0 Å². The summed E-state index contributed by atoms with van der Waals surface area (Å²) in [4.78, 5) is 38.2. The molecule has 2 N–H and O–H groups in total. The summed E-state index contributed by atoms with van der Waals surface area (Å²) in [5, 5.41) is 24.9. The van der Waals surface area contributed by atoms with Crippen LogP contribution in [-0.4, -0.2) is 32.4 Å². The third kappa shape index (κ3) is 3.88. The molecule has 0 unspecified atom stereocenters. The standard InChI is InChI=1S/C17H17N3O5S/c21-14(22)9-17(7-1-2-8-17)19-15(23)13-10-26-16(18-13)11-3-5-12(6-4-11)20(24)25/h3-6,10H,1-2,7-9H2,(H,19,23)(H,21,22). The van der Waals surface area contributed by atoms with Crippen molar-refractivity contribution in [3.8, 4) is 10.6 Å². The van der Waals surface area contributed by atoms with E-state index >= 15 is 0 Å². The first kappa shape index (κ1) is 18.0. The highest BCUT2D eigenvalue weighted by atomic mass is 32.1. The lowest BCUT2D eigenvalue weighted by molar-refractivity contribution is -0.384. The van der Waals surface area contributed by atoms with Crippen LogP contribution in [0.1, 0.15) is 42.6 Å². The van der Waals surface area contributed by atoms with Gasteiger partial charge in [-0.05, 0) is 25.0 Å². The minimum Gasteiger partial charge on any atom is -0.481 e. The molecular formula is C17H17N3O5S. The van der Waals surface area contributed by atoms with Crippen molar-refractivity contribution in [1.29, 1.82) is 0 Å². The minimum atomic E-state index is -0.933. The summed E-state index contributed by atoms with van der Waals surface area (Å²) in [5.41, 5.74) is 0.181. The van der Waals surface area contributed by atoms with Gasteiger partial charge in [-0.3, -0.25) is 19.7 Å². The Morgan fingerprint density at radius 2 is 1.92 bits per heavy atom. The van der Waals surface area contributed by atoms with Gasteiger partial charge in [-0.1, -0.05) is 12.8 Å². The first-order chi connectivity index (χ1) is 12.4. The Hall–Kier alpha value is -2.81. The van der Waals surface area contributed by atoms with Gasteiger partial charge in [0.25, 0.3) is 11.6 Å². The molecule has 26 heavy (non-hydrogen) atoms. The van der Waals surface area contributed by atoms with Crippen LogP contribution in [0.5, 0.6) is 0 Å². The fourth-order valence-electron chi connectivity index (χ4n) is 3.23. The monoisotopic (exact) mass is 375 g/mol. The number of carbonyl (C=O) groups excluding carboxylic acids is 1. The van der Waals surface area contributed by atoms with Gasteiger partial charge in [0.2, 0.25) is 0 Å². The number of carboxylic acid groups (broad SMARTS) is 1. The molecule has 0 atom stereocenters. The molecule has 1 aliphatic rings. The Kier molecular flexibility index (Phi) is 4.99. The second-order valence-electron chi connectivity index (χ2n) is 6.35. The lowest BCUT2D eigenvalue weighted by Gasteiger charge is -2.28. The molecule has 0 spiro atoms. The van der Waals surface area contributed by atoms with Crippen molar-refractivity contribution >= 4 is 28.9 Å². The highest BCUT2D eigenvalue weighted by Crippen LogP contribution is 2.33. The number of nitrogens with zero attached hydrogens (tertiary/aromatic N) is 2. The smallest absolute Gasteiger partial charge is 0.305 e. The van der Waals surface area contributed by atoms with Crippen LogP contribution in [-0.2, 0) is 4.79 Å². The molecule has 0 aliphatic heterocycles. The van der Waals surface area contributed by atoms with E-state index in [0.717, 1.165) is 12.8 Å². The van der Waals surface area contributed by atoms with Gasteiger partial charge in [-0.15, -0.1) is 11.3 Å². The largest absolute Gasteiger partial charge is 0.481 e. The van der Waals surface area contributed by atoms with E-state index in [2.05, 4.69) is 10.3 Å². The second kappa shape index (κ2) is 7.20. The number of benzene rings is 1. The fourth-order valence-corrected chi connectivity index (χ4v) is 4.03. The molecule has 1 heterocycles. The summed E-state index contributed by atoms with van der Waals surface area (Å²) in [6.07, 6.45) is 2.96. The highest BCUT2D eigenvalue weighted by molar-refractivity contribution is 7.13. The van der Waals surface area contributed by atoms with Gasteiger partial charge in [0.15, 0.2) is 0 Å². The average molecular weight is 375 g/mol. The molecule has 1 aromatic heterocycles. The Bertz CT molecular complexity index is 840. The third-order valence-electron chi connectivity index (χ3n) is 4.49. The predicted octanol–water partition coefficient (Wildman–Crippen LogP) is 3.24. The van der Waals surface area contributed by atoms with Crippen molar-refractivity contribution in [2.45, 2.75) is 37.6 Å². The van der Waals surface area contributed by atoms with Gasteiger partial charge in [0, 0.05) is 23.1 Å². The van der Waals surface area contributed by atoms with Crippen molar-refractivity contribution in [3.63, 3.8) is 0 Å². The number of carbonyl (C=O) groups is 2. The number of aromatic nitrogens is 1. The SMILES string of the molecule is O=C(O)CC1(NC(=O)c2csc(-c3ccc([N+](=O)[O-])cc3)n2)CCCC1. The summed E-state index contributed by atoms with van der Waals surface area (Å²) in [7, 11) is 0. The number of carboxylic acids is 1. The van der Waals surface area contributed by atoms with Crippen LogP contribution in [0.4, 0.5) is 5.69 Å². The van der Waals surface area contributed by atoms with Crippen molar-refractivity contribution in [1.82, 2.24) is 10.3 Å². The number of aliphatic carboxylic acids is 1. The van der Waals surface area contributed by atoms with E-state index in [1.54, 1.807) is 17.5 Å². The van der Waals surface area contributed by atoms with Crippen LogP contribution in [0.2, 0.25) is 0 Å². The van der Waals surface area contributed by atoms with E-state index in [9.17, 15) is 19.7 Å². The molecule has 1 fully saturated rings. The van der Waals surface area contributed by atoms with Gasteiger partial charge >= 0.3 is 5.97 Å². The van der Waals surface area contributed by atoms with Crippen molar-refractivity contribution < 1.29 is 19.6 Å². The first-order valence-electron chi connectivity index (χ1n) is 8.13. The number of non-ortho nitro benzene ring substituents is 1. The number of amides is 1. The normalized spacial score (nSPS) is 15.5. The Morgan fingerprint density at radius 3 is 2.50 bits per heavy atom. The highest BCUT2D eigenvalue weighted by Gasteiger charge is 2.38.